The van der Waals surface area contributed by atoms with Crippen molar-refractivity contribution in [2.24, 2.45) is 5.92 Å². The number of benzene rings is 1. The van der Waals surface area contributed by atoms with Crippen LogP contribution < -0.4 is 5.32 Å². The molecule has 0 saturated carbocycles. The van der Waals surface area contributed by atoms with Gasteiger partial charge in [-0.15, -0.1) is 0 Å². The summed E-state index contributed by atoms with van der Waals surface area (Å²) in [5, 5.41) is 3.50. The lowest BCUT2D eigenvalue weighted by Gasteiger charge is -2.29. The fourth-order valence-corrected chi connectivity index (χ4v) is 3.17. The molecule has 4 heteroatoms. The Labute approximate surface area is 126 Å². The van der Waals surface area contributed by atoms with Crippen LogP contribution in [0, 0.1) is 5.92 Å². The van der Waals surface area contributed by atoms with Gasteiger partial charge >= 0.3 is 0 Å². The third kappa shape index (κ3) is 3.83. The molecule has 1 aliphatic heterocycles. The molecule has 0 amide bonds. The van der Waals surface area contributed by atoms with Gasteiger partial charge in [0.1, 0.15) is 5.52 Å². The average Bonchev–Trinajstić information content (AvgIpc) is 2.90. The van der Waals surface area contributed by atoms with Crippen molar-refractivity contribution in [1.82, 2.24) is 15.2 Å². The highest BCUT2D eigenvalue weighted by molar-refractivity contribution is 5.72. The van der Waals surface area contributed by atoms with Gasteiger partial charge in [0.2, 0.25) is 5.89 Å². The molecule has 1 fully saturated rings. The minimum Gasteiger partial charge on any atom is -0.439 e. The summed E-state index contributed by atoms with van der Waals surface area (Å²) in [6.07, 6.45) is 3.80. The van der Waals surface area contributed by atoms with Crippen LogP contribution in [0.2, 0.25) is 0 Å². The van der Waals surface area contributed by atoms with E-state index in [0.29, 0.717) is 0 Å². The Kier molecular flexibility index (Phi) is 4.88. The van der Waals surface area contributed by atoms with Gasteiger partial charge in [-0.1, -0.05) is 19.1 Å². The molecule has 114 valence electrons. The smallest absolute Gasteiger partial charge is 0.209 e. The van der Waals surface area contributed by atoms with Crippen molar-refractivity contribution >= 4 is 11.1 Å². The molecule has 1 saturated heterocycles. The molecule has 0 aliphatic carbocycles. The van der Waals surface area contributed by atoms with Gasteiger partial charge in [0.05, 0.1) is 6.54 Å². The van der Waals surface area contributed by atoms with Crippen LogP contribution in [-0.4, -0.2) is 36.1 Å². The molecular weight excluding hydrogens is 262 g/mol. The summed E-state index contributed by atoms with van der Waals surface area (Å²) in [7, 11) is 0. The van der Waals surface area contributed by atoms with Gasteiger partial charge in [-0.05, 0) is 56.9 Å². The molecule has 1 aliphatic rings. The predicted molar refractivity (Wildman–Crippen MR) is 85.2 cm³/mol. The van der Waals surface area contributed by atoms with Crippen LogP contribution in [0.15, 0.2) is 28.7 Å². The van der Waals surface area contributed by atoms with Gasteiger partial charge < -0.3 is 9.73 Å². The minimum atomic E-state index is 0.759. The van der Waals surface area contributed by atoms with E-state index in [2.05, 4.69) is 22.1 Å². The summed E-state index contributed by atoms with van der Waals surface area (Å²) in [4.78, 5) is 7.09. The normalized spacial score (nSPS) is 19.4. The monoisotopic (exact) mass is 287 g/mol. The lowest BCUT2D eigenvalue weighted by molar-refractivity contribution is 0.187. The zero-order valence-electron chi connectivity index (χ0n) is 12.8. The van der Waals surface area contributed by atoms with Crippen molar-refractivity contribution in [1.29, 1.82) is 0 Å². The molecule has 0 spiro atoms. The number of nitrogens with one attached hydrogen (secondary N) is 1. The largest absolute Gasteiger partial charge is 0.439 e. The van der Waals surface area contributed by atoms with Crippen LogP contribution >= 0.6 is 0 Å². The first-order valence-corrected chi connectivity index (χ1v) is 8.12. The number of para-hydroxylation sites is 2. The molecule has 0 bridgehead atoms. The Morgan fingerprint density at radius 2 is 2.29 bits per heavy atom. The molecule has 3 rings (SSSR count). The fraction of sp³-hybridized carbons (Fsp3) is 0.588. The maximum absolute atomic E-state index is 5.87. The average molecular weight is 287 g/mol. The minimum absolute atomic E-state index is 0.759. The predicted octanol–water partition coefficient (Wildman–Crippen LogP) is 3.04. The number of nitrogens with zero attached hydrogens (tertiary/aromatic N) is 2. The standard InChI is InChI=1S/C17H25N3O/c1-2-10-20(12-14-6-5-9-18-11-14)13-17-19-15-7-3-4-8-16(15)21-17/h3-4,7-8,14,18H,2,5-6,9-13H2,1H3. The second-order valence-electron chi connectivity index (χ2n) is 6.02. The van der Waals surface area contributed by atoms with E-state index in [-0.39, 0.29) is 0 Å². The van der Waals surface area contributed by atoms with E-state index in [1.54, 1.807) is 0 Å². The number of hydrogen-bond acceptors (Lipinski definition) is 4. The van der Waals surface area contributed by atoms with Gasteiger partial charge in [-0.2, -0.15) is 0 Å². The Balaban J connectivity index is 1.65. The molecule has 1 aromatic heterocycles. The van der Waals surface area contributed by atoms with E-state index in [9.17, 15) is 0 Å². The number of oxazole rings is 1. The fourth-order valence-electron chi connectivity index (χ4n) is 3.17. The molecule has 2 aromatic rings. The van der Waals surface area contributed by atoms with Crippen molar-refractivity contribution in [2.45, 2.75) is 32.7 Å². The second-order valence-corrected chi connectivity index (χ2v) is 6.02. The van der Waals surface area contributed by atoms with Gasteiger partial charge in [0, 0.05) is 6.54 Å². The van der Waals surface area contributed by atoms with E-state index in [0.717, 1.165) is 49.1 Å². The molecule has 1 unspecified atom stereocenters. The van der Waals surface area contributed by atoms with E-state index in [4.69, 9.17) is 4.42 Å². The lowest BCUT2D eigenvalue weighted by atomic mass is 9.99. The first kappa shape index (κ1) is 14.5. The van der Waals surface area contributed by atoms with Crippen molar-refractivity contribution < 1.29 is 4.42 Å². The molecule has 0 radical (unpaired) electrons. The van der Waals surface area contributed by atoms with Crippen molar-refractivity contribution in [3.8, 4) is 0 Å². The van der Waals surface area contributed by atoms with E-state index >= 15 is 0 Å². The molecule has 2 heterocycles. The lowest BCUT2D eigenvalue weighted by Crippen LogP contribution is -2.38. The van der Waals surface area contributed by atoms with Crippen LogP contribution in [0.5, 0.6) is 0 Å². The molecular formula is C17H25N3O. The van der Waals surface area contributed by atoms with Crippen molar-refractivity contribution in [3.63, 3.8) is 0 Å². The highest BCUT2D eigenvalue weighted by Gasteiger charge is 2.18. The maximum Gasteiger partial charge on any atom is 0.209 e. The Morgan fingerprint density at radius 1 is 1.38 bits per heavy atom. The number of fused-ring (bicyclic) bond motifs is 1. The zero-order valence-corrected chi connectivity index (χ0v) is 12.8. The summed E-state index contributed by atoms with van der Waals surface area (Å²) >= 11 is 0. The molecule has 21 heavy (non-hydrogen) atoms. The van der Waals surface area contributed by atoms with Crippen molar-refractivity contribution in [3.05, 3.63) is 30.2 Å². The number of rotatable bonds is 6. The Bertz CT molecular complexity index is 527. The molecule has 1 aromatic carbocycles. The molecule has 4 nitrogen and oxygen atoms in total. The van der Waals surface area contributed by atoms with Crippen LogP contribution in [0.1, 0.15) is 32.1 Å². The zero-order chi connectivity index (χ0) is 14.5. The summed E-state index contributed by atoms with van der Waals surface area (Å²) in [5.74, 6) is 1.60. The van der Waals surface area contributed by atoms with Crippen LogP contribution in [-0.2, 0) is 6.54 Å². The van der Waals surface area contributed by atoms with E-state index in [1.165, 1.54) is 25.8 Å². The Hall–Kier alpha value is -1.39. The topological polar surface area (TPSA) is 41.3 Å². The van der Waals surface area contributed by atoms with Gasteiger partial charge in [0.15, 0.2) is 5.58 Å². The number of hydrogen-bond donors (Lipinski definition) is 1. The SMILES string of the molecule is CCCN(Cc1nc2ccccc2o1)CC1CCCNC1. The molecule has 1 atom stereocenters. The summed E-state index contributed by atoms with van der Waals surface area (Å²) in [6.45, 7) is 7.62. The van der Waals surface area contributed by atoms with E-state index in [1.807, 2.05) is 24.3 Å². The van der Waals surface area contributed by atoms with E-state index < -0.39 is 0 Å². The second kappa shape index (κ2) is 7.05. The summed E-state index contributed by atoms with van der Waals surface area (Å²) in [6, 6.07) is 8.00. The highest BCUT2D eigenvalue weighted by atomic mass is 16.3. The maximum atomic E-state index is 5.87. The first-order valence-electron chi connectivity index (χ1n) is 8.12. The Morgan fingerprint density at radius 3 is 3.05 bits per heavy atom. The summed E-state index contributed by atoms with van der Waals surface area (Å²) < 4.78 is 5.87. The quantitative estimate of drug-likeness (QED) is 0.886. The van der Waals surface area contributed by atoms with Crippen LogP contribution in [0.25, 0.3) is 11.1 Å². The number of piperidine rings is 1. The summed E-state index contributed by atoms with van der Waals surface area (Å²) in [5.41, 5.74) is 1.85. The van der Waals surface area contributed by atoms with Gasteiger partial charge in [-0.3, -0.25) is 4.90 Å². The third-order valence-corrected chi connectivity index (χ3v) is 4.15. The van der Waals surface area contributed by atoms with Gasteiger partial charge in [-0.25, -0.2) is 4.98 Å². The number of aromatic nitrogens is 1. The van der Waals surface area contributed by atoms with Crippen molar-refractivity contribution in [2.75, 3.05) is 26.2 Å². The third-order valence-electron chi connectivity index (χ3n) is 4.15. The van der Waals surface area contributed by atoms with Crippen LogP contribution in [0.4, 0.5) is 0 Å². The van der Waals surface area contributed by atoms with Crippen LogP contribution in [0.3, 0.4) is 0 Å². The first-order chi connectivity index (χ1) is 10.3. The van der Waals surface area contributed by atoms with Gasteiger partial charge in [0.25, 0.3) is 0 Å². The highest BCUT2D eigenvalue weighted by Crippen LogP contribution is 2.18. The molecule has 1 N–H and O–H groups in total.